The number of hydrogen-bond acceptors (Lipinski definition) is 5. The number of carbonyl (C=O) groups is 2. The topological polar surface area (TPSA) is 92.9 Å². The molecule has 0 bridgehead atoms. The maximum Gasteiger partial charge on any atom is 0.338 e. The maximum absolute atomic E-state index is 13.7. The zero-order valence-electron chi connectivity index (χ0n) is 25.8. The van der Waals surface area contributed by atoms with Crippen LogP contribution in [0.3, 0.4) is 0 Å². The van der Waals surface area contributed by atoms with E-state index >= 15 is 0 Å². The molecule has 0 saturated carbocycles. The monoisotopic (exact) mass is 619 g/mol. The minimum absolute atomic E-state index is 0.293. The van der Waals surface area contributed by atoms with Crippen molar-refractivity contribution in [3.05, 3.63) is 174 Å². The van der Waals surface area contributed by atoms with E-state index in [2.05, 4.69) is 15.1 Å². The average molecular weight is 620 g/mol. The third kappa shape index (κ3) is 6.38. The Morgan fingerprint density at radius 1 is 0.745 bits per heavy atom. The second-order valence-electron chi connectivity index (χ2n) is 10.8. The SMILES string of the molecule is CCOC(=O)c1ccc(-n2c(-c3ccccc3)cc(C=NNC(=O)C(O)(c3ccccc3)c3ccccc3)c2-c2ccccc2)cc1. The number of hydrogen-bond donors (Lipinski definition) is 2. The summed E-state index contributed by atoms with van der Waals surface area (Å²) in [5.74, 6) is -1.07. The fraction of sp³-hybridized carbons (Fsp3) is 0.0750. The summed E-state index contributed by atoms with van der Waals surface area (Å²) in [4.78, 5) is 26.1. The van der Waals surface area contributed by atoms with Gasteiger partial charge in [-0.2, -0.15) is 5.10 Å². The van der Waals surface area contributed by atoms with Gasteiger partial charge in [0.1, 0.15) is 0 Å². The number of ether oxygens (including phenoxy) is 1. The van der Waals surface area contributed by atoms with E-state index in [-0.39, 0.29) is 5.97 Å². The quantitative estimate of drug-likeness (QED) is 0.0951. The molecular formula is C40H33N3O4. The predicted molar refractivity (Wildman–Crippen MR) is 184 cm³/mol. The number of aromatic nitrogens is 1. The summed E-state index contributed by atoms with van der Waals surface area (Å²) < 4.78 is 7.30. The van der Waals surface area contributed by atoms with Crippen molar-refractivity contribution in [2.45, 2.75) is 12.5 Å². The van der Waals surface area contributed by atoms with Crippen LogP contribution in [0, 0.1) is 0 Å². The Hall–Kier alpha value is -6.05. The Bertz CT molecular complexity index is 1950. The molecule has 0 aliphatic carbocycles. The molecule has 0 unspecified atom stereocenters. The zero-order chi connectivity index (χ0) is 32.6. The third-order valence-electron chi connectivity index (χ3n) is 7.87. The highest BCUT2D eigenvalue weighted by molar-refractivity contribution is 5.96. The van der Waals surface area contributed by atoms with Gasteiger partial charge in [0.2, 0.25) is 0 Å². The van der Waals surface area contributed by atoms with Gasteiger partial charge in [0.25, 0.3) is 5.91 Å². The molecule has 0 fully saturated rings. The van der Waals surface area contributed by atoms with Gasteiger partial charge in [-0.15, -0.1) is 0 Å². The summed E-state index contributed by atoms with van der Waals surface area (Å²) in [5, 5.41) is 16.3. The van der Waals surface area contributed by atoms with Gasteiger partial charge in [0.15, 0.2) is 5.60 Å². The molecule has 0 aliphatic rings. The average Bonchev–Trinajstić information content (AvgIpc) is 3.52. The van der Waals surface area contributed by atoms with Crippen LogP contribution in [0.2, 0.25) is 0 Å². The van der Waals surface area contributed by atoms with Crippen LogP contribution in [0.1, 0.15) is 34.0 Å². The molecule has 0 radical (unpaired) electrons. The first kappa shape index (κ1) is 31.0. The summed E-state index contributed by atoms with van der Waals surface area (Å²) in [6, 6.07) is 46.7. The highest BCUT2D eigenvalue weighted by Crippen LogP contribution is 2.36. The number of hydrazone groups is 1. The number of rotatable bonds is 10. The van der Waals surface area contributed by atoms with Gasteiger partial charge < -0.3 is 14.4 Å². The van der Waals surface area contributed by atoms with E-state index in [1.54, 1.807) is 73.8 Å². The van der Waals surface area contributed by atoms with Crippen molar-refractivity contribution < 1.29 is 19.4 Å². The minimum Gasteiger partial charge on any atom is -0.462 e. The van der Waals surface area contributed by atoms with E-state index in [0.717, 1.165) is 33.8 Å². The molecule has 1 amide bonds. The molecule has 0 spiro atoms. The van der Waals surface area contributed by atoms with Crippen LogP contribution in [0.4, 0.5) is 0 Å². The maximum atomic E-state index is 13.7. The number of nitrogens with zero attached hydrogens (tertiary/aromatic N) is 2. The number of amides is 1. The molecule has 7 heteroatoms. The van der Waals surface area contributed by atoms with Crippen molar-refractivity contribution in [3.63, 3.8) is 0 Å². The Balaban J connectivity index is 1.45. The standard InChI is InChI=1S/C40H33N3O4/c1-2-47-38(44)31-23-25-35(26-24-31)43-36(29-15-7-3-8-16-29)27-32(37(43)30-17-9-4-10-18-30)28-41-42-39(45)40(46,33-19-11-5-12-20-33)34-21-13-6-14-22-34/h3-28,46H,2H2,1H3,(H,42,45). The normalized spacial score (nSPS) is 11.4. The lowest BCUT2D eigenvalue weighted by atomic mass is 9.85. The number of benzene rings is 5. The molecule has 232 valence electrons. The second kappa shape index (κ2) is 13.9. The number of esters is 1. The number of aliphatic hydroxyl groups is 1. The first-order chi connectivity index (χ1) is 23.0. The molecule has 2 N–H and O–H groups in total. The molecule has 6 aromatic rings. The molecule has 0 aliphatic heterocycles. The van der Waals surface area contributed by atoms with E-state index in [4.69, 9.17) is 4.74 Å². The lowest BCUT2D eigenvalue weighted by molar-refractivity contribution is -0.136. The first-order valence-corrected chi connectivity index (χ1v) is 15.3. The first-order valence-electron chi connectivity index (χ1n) is 15.3. The molecule has 5 aromatic carbocycles. The Morgan fingerprint density at radius 3 is 1.79 bits per heavy atom. The second-order valence-corrected chi connectivity index (χ2v) is 10.8. The highest BCUT2D eigenvalue weighted by atomic mass is 16.5. The molecule has 1 aromatic heterocycles. The molecule has 1 heterocycles. The molecule has 7 nitrogen and oxygen atoms in total. The van der Waals surface area contributed by atoms with Crippen LogP contribution in [0.15, 0.2) is 157 Å². The van der Waals surface area contributed by atoms with Gasteiger partial charge >= 0.3 is 5.97 Å². The summed E-state index contributed by atoms with van der Waals surface area (Å²) >= 11 is 0. The van der Waals surface area contributed by atoms with Gasteiger partial charge in [0, 0.05) is 11.3 Å². The molecule has 0 saturated heterocycles. The fourth-order valence-corrected chi connectivity index (χ4v) is 5.60. The Kier molecular flexibility index (Phi) is 9.18. The predicted octanol–water partition coefficient (Wildman–Crippen LogP) is 7.37. The van der Waals surface area contributed by atoms with Crippen molar-refractivity contribution in [1.29, 1.82) is 0 Å². The zero-order valence-corrected chi connectivity index (χ0v) is 25.8. The van der Waals surface area contributed by atoms with Crippen molar-refractivity contribution in [2.24, 2.45) is 5.10 Å². The van der Waals surface area contributed by atoms with E-state index in [1.165, 1.54) is 0 Å². The van der Waals surface area contributed by atoms with E-state index in [9.17, 15) is 14.7 Å². The molecular weight excluding hydrogens is 586 g/mol. The van der Waals surface area contributed by atoms with E-state index < -0.39 is 11.5 Å². The van der Waals surface area contributed by atoms with Gasteiger partial charge in [-0.1, -0.05) is 121 Å². The van der Waals surface area contributed by atoms with Crippen molar-refractivity contribution in [1.82, 2.24) is 9.99 Å². The lowest BCUT2D eigenvalue weighted by Gasteiger charge is -2.27. The van der Waals surface area contributed by atoms with Crippen LogP contribution in [-0.4, -0.2) is 34.4 Å². The summed E-state index contributed by atoms with van der Waals surface area (Å²) in [6.07, 6.45) is 1.59. The van der Waals surface area contributed by atoms with Gasteiger partial charge in [-0.3, -0.25) is 4.79 Å². The smallest absolute Gasteiger partial charge is 0.338 e. The van der Waals surface area contributed by atoms with Crippen LogP contribution in [0.25, 0.3) is 28.2 Å². The van der Waals surface area contributed by atoms with Crippen LogP contribution < -0.4 is 5.43 Å². The fourth-order valence-electron chi connectivity index (χ4n) is 5.60. The highest BCUT2D eigenvalue weighted by Gasteiger charge is 2.40. The molecule has 0 atom stereocenters. The summed E-state index contributed by atoms with van der Waals surface area (Å²) in [5.41, 5.74) is 7.08. The van der Waals surface area contributed by atoms with Crippen LogP contribution >= 0.6 is 0 Å². The van der Waals surface area contributed by atoms with Crippen LogP contribution in [0.5, 0.6) is 0 Å². The van der Waals surface area contributed by atoms with Gasteiger partial charge in [-0.05, 0) is 59.5 Å². The largest absolute Gasteiger partial charge is 0.462 e. The lowest BCUT2D eigenvalue weighted by Crippen LogP contribution is -2.43. The van der Waals surface area contributed by atoms with Gasteiger partial charge in [-0.25, -0.2) is 10.2 Å². The molecule has 6 rings (SSSR count). The van der Waals surface area contributed by atoms with Crippen molar-refractivity contribution >= 4 is 18.1 Å². The van der Waals surface area contributed by atoms with Crippen molar-refractivity contribution in [2.75, 3.05) is 6.61 Å². The number of carbonyl (C=O) groups excluding carboxylic acids is 2. The Labute approximate surface area is 273 Å². The minimum atomic E-state index is -1.97. The molecule has 47 heavy (non-hydrogen) atoms. The van der Waals surface area contributed by atoms with E-state index in [0.29, 0.717) is 23.3 Å². The number of nitrogens with one attached hydrogen (secondary N) is 1. The third-order valence-corrected chi connectivity index (χ3v) is 7.87. The van der Waals surface area contributed by atoms with E-state index in [1.807, 2.05) is 91.0 Å². The van der Waals surface area contributed by atoms with Crippen molar-refractivity contribution in [3.8, 4) is 28.2 Å². The van der Waals surface area contributed by atoms with Crippen LogP contribution in [-0.2, 0) is 15.1 Å². The summed E-state index contributed by atoms with van der Waals surface area (Å²) in [6.45, 7) is 2.07. The Morgan fingerprint density at radius 2 is 1.26 bits per heavy atom. The summed E-state index contributed by atoms with van der Waals surface area (Å²) in [7, 11) is 0. The van der Waals surface area contributed by atoms with Gasteiger partial charge in [0.05, 0.1) is 29.8 Å².